The average molecular weight is 468 g/mol. The summed E-state index contributed by atoms with van der Waals surface area (Å²) >= 11 is 0. The molecule has 1 aliphatic heterocycles. The van der Waals surface area contributed by atoms with E-state index >= 15 is 0 Å². The summed E-state index contributed by atoms with van der Waals surface area (Å²) < 4.78 is 7.17. The maximum absolute atomic E-state index is 13.7. The summed E-state index contributed by atoms with van der Waals surface area (Å²) in [6, 6.07) is 22.0. The van der Waals surface area contributed by atoms with Gasteiger partial charge in [0.15, 0.2) is 0 Å². The number of nitrogens with zero attached hydrogens (tertiary/aromatic N) is 5. The van der Waals surface area contributed by atoms with Gasteiger partial charge >= 0.3 is 0 Å². The molecule has 5 rings (SSSR count). The van der Waals surface area contributed by atoms with Crippen molar-refractivity contribution in [2.24, 2.45) is 0 Å². The maximum atomic E-state index is 13.7. The van der Waals surface area contributed by atoms with Crippen LogP contribution in [0.2, 0.25) is 0 Å². The first-order valence-electron chi connectivity index (χ1n) is 11.9. The van der Waals surface area contributed by atoms with Crippen molar-refractivity contribution in [1.82, 2.24) is 24.6 Å². The second kappa shape index (κ2) is 10.5. The molecule has 0 aliphatic carbocycles. The third-order valence-electron chi connectivity index (χ3n) is 6.36. The van der Waals surface area contributed by atoms with E-state index in [1.165, 1.54) is 5.56 Å². The number of aromatic nitrogens is 3. The van der Waals surface area contributed by atoms with Gasteiger partial charge in [-0.2, -0.15) is 5.10 Å². The van der Waals surface area contributed by atoms with Crippen LogP contribution in [0.15, 0.2) is 85.3 Å². The number of methoxy groups -OCH3 is 1. The quantitative estimate of drug-likeness (QED) is 0.412. The van der Waals surface area contributed by atoms with Crippen molar-refractivity contribution < 1.29 is 9.53 Å². The molecule has 1 saturated heterocycles. The van der Waals surface area contributed by atoms with Crippen molar-refractivity contribution >= 4 is 5.91 Å². The molecule has 1 aliphatic rings. The van der Waals surface area contributed by atoms with Crippen LogP contribution in [0.3, 0.4) is 0 Å². The summed E-state index contributed by atoms with van der Waals surface area (Å²) in [5, 5.41) is 4.83. The molecular formula is C28H29N5O2. The molecule has 0 N–H and O–H groups in total. The number of ether oxygens (including phenoxy) is 1. The lowest BCUT2D eigenvalue weighted by atomic mass is 10.1. The molecule has 2 aromatic heterocycles. The number of carbonyl (C=O) groups excluding carboxylic acids is 1. The SMILES string of the molecule is COc1ccc(-c2nn(Cc3ccccc3)cc2C(=O)N2CCN(Cc3ccncc3)CC2)cc1. The summed E-state index contributed by atoms with van der Waals surface area (Å²) in [5.41, 5.74) is 4.61. The molecule has 1 amide bonds. The lowest BCUT2D eigenvalue weighted by Gasteiger charge is -2.34. The fourth-order valence-corrected chi connectivity index (χ4v) is 4.42. The highest BCUT2D eigenvalue weighted by Crippen LogP contribution is 2.26. The third-order valence-corrected chi connectivity index (χ3v) is 6.36. The van der Waals surface area contributed by atoms with Crippen LogP contribution in [0.1, 0.15) is 21.5 Å². The highest BCUT2D eigenvalue weighted by Gasteiger charge is 2.26. The van der Waals surface area contributed by atoms with E-state index in [2.05, 4.69) is 22.0 Å². The minimum absolute atomic E-state index is 0.0266. The average Bonchev–Trinajstić information content (AvgIpc) is 3.33. The first-order chi connectivity index (χ1) is 17.2. The Hall–Kier alpha value is -3.97. The minimum Gasteiger partial charge on any atom is -0.497 e. The molecule has 35 heavy (non-hydrogen) atoms. The van der Waals surface area contributed by atoms with E-state index in [0.29, 0.717) is 30.9 Å². The highest BCUT2D eigenvalue weighted by molar-refractivity contribution is 6.00. The standard InChI is InChI=1S/C28H29N5O2/c1-35-25-9-7-24(8-10-25)27-26(21-33(30-27)20-22-5-3-2-4-6-22)28(34)32-17-15-31(16-18-32)19-23-11-13-29-14-12-23/h2-14,21H,15-20H2,1H3. The molecule has 0 spiro atoms. The fraction of sp³-hybridized carbons (Fsp3) is 0.250. The molecule has 3 heterocycles. The lowest BCUT2D eigenvalue weighted by molar-refractivity contribution is 0.0629. The molecule has 7 nitrogen and oxygen atoms in total. The molecule has 0 radical (unpaired) electrons. The van der Waals surface area contributed by atoms with Gasteiger partial charge in [-0.1, -0.05) is 30.3 Å². The molecule has 178 valence electrons. The maximum Gasteiger partial charge on any atom is 0.257 e. The van der Waals surface area contributed by atoms with Crippen molar-refractivity contribution in [3.63, 3.8) is 0 Å². The number of amides is 1. The van der Waals surface area contributed by atoms with Crippen molar-refractivity contribution in [1.29, 1.82) is 0 Å². The molecule has 0 unspecified atom stereocenters. The summed E-state index contributed by atoms with van der Waals surface area (Å²) in [6.07, 6.45) is 5.53. The molecule has 4 aromatic rings. The van der Waals surface area contributed by atoms with Crippen LogP contribution < -0.4 is 4.74 Å². The van der Waals surface area contributed by atoms with Crippen molar-refractivity contribution in [3.05, 3.63) is 102 Å². The second-order valence-electron chi connectivity index (χ2n) is 8.73. The van der Waals surface area contributed by atoms with Crippen LogP contribution in [-0.4, -0.2) is 63.8 Å². The first-order valence-corrected chi connectivity index (χ1v) is 11.9. The molecule has 0 bridgehead atoms. The number of benzene rings is 2. The van der Waals surface area contributed by atoms with Crippen molar-refractivity contribution in [3.8, 4) is 17.0 Å². The number of carbonyl (C=O) groups is 1. The summed E-state index contributed by atoms with van der Waals surface area (Å²) in [4.78, 5) is 22.1. The van der Waals surface area contributed by atoms with Gasteiger partial charge in [0.2, 0.25) is 0 Å². The zero-order chi connectivity index (χ0) is 24.0. The van der Waals surface area contributed by atoms with Gasteiger partial charge in [0.25, 0.3) is 5.91 Å². The van der Waals surface area contributed by atoms with Gasteiger partial charge in [0.05, 0.1) is 19.2 Å². The molecule has 1 fully saturated rings. The van der Waals surface area contributed by atoms with E-state index in [0.717, 1.165) is 36.5 Å². The Labute approximate surface area is 205 Å². The van der Waals surface area contributed by atoms with Crippen LogP contribution in [0, 0.1) is 0 Å². The summed E-state index contributed by atoms with van der Waals surface area (Å²) in [5.74, 6) is 0.800. The normalized spacial score (nSPS) is 14.1. The van der Waals surface area contributed by atoms with Gasteiger partial charge in [-0.05, 0) is 47.5 Å². The Balaban J connectivity index is 1.35. The number of pyridine rings is 1. The molecular weight excluding hydrogens is 438 g/mol. The van der Waals surface area contributed by atoms with Crippen LogP contribution >= 0.6 is 0 Å². The van der Waals surface area contributed by atoms with Crippen LogP contribution in [0.25, 0.3) is 11.3 Å². The molecule has 0 saturated carbocycles. The number of hydrogen-bond donors (Lipinski definition) is 0. The number of hydrogen-bond acceptors (Lipinski definition) is 5. The van der Waals surface area contributed by atoms with Crippen LogP contribution in [0.4, 0.5) is 0 Å². The molecule has 7 heteroatoms. The van der Waals surface area contributed by atoms with E-state index in [4.69, 9.17) is 9.84 Å². The zero-order valence-corrected chi connectivity index (χ0v) is 19.9. The zero-order valence-electron chi connectivity index (χ0n) is 19.9. The number of piperazine rings is 1. The lowest BCUT2D eigenvalue weighted by Crippen LogP contribution is -2.48. The van der Waals surface area contributed by atoms with E-state index in [1.807, 2.05) is 82.8 Å². The van der Waals surface area contributed by atoms with E-state index in [9.17, 15) is 4.79 Å². The fourth-order valence-electron chi connectivity index (χ4n) is 4.42. The van der Waals surface area contributed by atoms with Gasteiger partial charge in [0, 0.05) is 56.9 Å². The van der Waals surface area contributed by atoms with Gasteiger partial charge in [-0.15, -0.1) is 0 Å². The largest absolute Gasteiger partial charge is 0.497 e. The number of rotatable bonds is 7. The van der Waals surface area contributed by atoms with E-state index < -0.39 is 0 Å². The molecule has 2 aromatic carbocycles. The topological polar surface area (TPSA) is 63.5 Å². The first kappa shape index (κ1) is 22.8. The molecule has 0 atom stereocenters. The van der Waals surface area contributed by atoms with Crippen molar-refractivity contribution in [2.75, 3.05) is 33.3 Å². The second-order valence-corrected chi connectivity index (χ2v) is 8.73. The smallest absolute Gasteiger partial charge is 0.257 e. The predicted molar refractivity (Wildman–Crippen MR) is 135 cm³/mol. The predicted octanol–water partition coefficient (Wildman–Crippen LogP) is 3.96. The Bertz CT molecular complexity index is 1250. The van der Waals surface area contributed by atoms with Crippen LogP contribution in [-0.2, 0) is 13.1 Å². The van der Waals surface area contributed by atoms with E-state index in [-0.39, 0.29) is 5.91 Å². The van der Waals surface area contributed by atoms with Crippen LogP contribution in [0.5, 0.6) is 5.75 Å². The van der Waals surface area contributed by atoms with Crippen molar-refractivity contribution in [2.45, 2.75) is 13.1 Å². The Morgan fingerprint density at radius 1 is 0.857 bits per heavy atom. The van der Waals surface area contributed by atoms with E-state index in [1.54, 1.807) is 7.11 Å². The van der Waals surface area contributed by atoms with Gasteiger partial charge < -0.3 is 9.64 Å². The monoisotopic (exact) mass is 467 g/mol. The highest BCUT2D eigenvalue weighted by atomic mass is 16.5. The Kier molecular flexibility index (Phi) is 6.86. The van der Waals surface area contributed by atoms with Gasteiger partial charge in [0.1, 0.15) is 11.4 Å². The third kappa shape index (κ3) is 5.41. The van der Waals surface area contributed by atoms with Gasteiger partial charge in [-0.25, -0.2) is 0 Å². The van der Waals surface area contributed by atoms with Gasteiger partial charge in [-0.3, -0.25) is 19.4 Å². The summed E-state index contributed by atoms with van der Waals surface area (Å²) in [7, 11) is 1.65. The Morgan fingerprint density at radius 2 is 1.54 bits per heavy atom. The Morgan fingerprint density at radius 3 is 2.23 bits per heavy atom. The summed E-state index contributed by atoms with van der Waals surface area (Å²) in [6.45, 7) is 4.54. The minimum atomic E-state index is 0.0266.